The van der Waals surface area contributed by atoms with Crippen molar-refractivity contribution in [1.82, 2.24) is 4.98 Å². The van der Waals surface area contributed by atoms with Crippen molar-refractivity contribution >= 4 is 10.9 Å². The lowest BCUT2D eigenvalue weighted by atomic mass is 9.95. The second kappa shape index (κ2) is 6.04. The largest absolute Gasteiger partial charge is 0.387 e. The smallest absolute Gasteiger partial charge is 0.0965 e. The van der Waals surface area contributed by atoms with Crippen LogP contribution in [0.2, 0.25) is 0 Å². The molecule has 3 N–H and O–H groups in total. The molecule has 3 heteroatoms. The highest BCUT2D eigenvalue weighted by molar-refractivity contribution is 5.81. The normalized spacial score (nSPS) is 14.0. The minimum Gasteiger partial charge on any atom is -0.387 e. The van der Waals surface area contributed by atoms with Gasteiger partial charge < -0.3 is 10.8 Å². The lowest BCUT2D eigenvalue weighted by Gasteiger charge is -2.20. The third kappa shape index (κ3) is 2.94. The number of para-hydroxylation sites is 1. The Kier molecular flexibility index (Phi) is 3.95. The van der Waals surface area contributed by atoms with Gasteiger partial charge in [-0.2, -0.15) is 0 Å². The van der Waals surface area contributed by atoms with Gasteiger partial charge in [0.2, 0.25) is 0 Å². The predicted molar refractivity (Wildman–Crippen MR) is 84.8 cm³/mol. The summed E-state index contributed by atoms with van der Waals surface area (Å²) in [6, 6.07) is 19.3. The minimum absolute atomic E-state index is 0.361. The second-order valence-corrected chi connectivity index (χ2v) is 5.22. The minimum atomic E-state index is -0.733. The van der Waals surface area contributed by atoms with Gasteiger partial charge in [0, 0.05) is 23.2 Å². The van der Waals surface area contributed by atoms with Crippen LogP contribution >= 0.6 is 0 Å². The van der Waals surface area contributed by atoms with Crippen LogP contribution in [0, 0.1) is 0 Å². The predicted octanol–water partition coefficient (Wildman–Crippen LogP) is 2.84. The van der Waals surface area contributed by atoms with E-state index >= 15 is 0 Å². The number of nitrogens with zero attached hydrogens (tertiary/aromatic N) is 1. The molecule has 0 aliphatic rings. The maximum atomic E-state index is 10.6. The number of nitrogens with two attached hydrogens (primary N) is 1. The molecular weight excluding hydrogens is 260 g/mol. The summed E-state index contributed by atoms with van der Waals surface area (Å²) < 4.78 is 0. The monoisotopic (exact) mass is 278 g/mol. The molecule has 21 heavy (non-hydrogen) atoms. The molecule has 0 bridgehead atoms. The Balaban J connectivity index is 1.88. The van der Waals surface area contributed by atoms with Gasteiger partial charge in [-0.25, -0.2) is 0 Å². The number of benzene rings is 2. The summed E-state index contributed by atoms with van der Waals surface area (Å²) >= 11 is 0. The summed E-state index contributed by atoms with van der Waals surface area (Å²) in [6.07, 6.45) is 1.63. The summed E-state index contributed by atoms with van der Waals surface area (Å²) in [7, 11) is 0. The van der Waals surface area contributed by atoms with Crippen LogP contribution in [0.1, 0.15) is 17.2 Å². The SMILES string of the molecule is NC(Cc1ccccc1)C(O)c1cccc2cccnc12. The van der Waals surface area contributed by atoms with Crippen LogP contribution in [0.4, 0.5) is 0 Å². The lowest BCUT2D eigenvalue weighted by molar-refractivity contribution is 0.147. The van der Waals surface area contributed by atoms with E-state index in [0.717, 1.165) is 22.0 Å². The van der Waals surface area contributed by atoms with E-state index in [2.05, 4.69) is 4.98 Å². The van der Waals surface area contributed by atoms with Crippen LogP contribution in [-0.2, 0) is 6.42 Å². The summed E-state index contributed by atoms with van der Waals surface area (Å²) in [5, 5.41) is 11.6. The molecule has 3 rings (SSSR count). The molecule has 0 aliphatic heterocycles. The van der Waals surface area contributed by atoms with Crippen molar-refractivity contribution in [3.63, 3.8) is 0 Å². The summed E-state index contributed by atoms with van der Waals surface area (Å²) in [5.74, 6) is 0. The summed E-state index contributed by atoms with van der Waals surface area (Å²) in [6.45, 7) is 0. The van der Waals surface area contributed by atoms with Crippen molar-refractivity contribution in [3.05, 3.63) is 78.0 Å². The number of aromatic nitrogens is 1. The van der Waals surface area contributed by atoms with Gasteiger partial charge in [-0.3, -0.25) is 4.98 Å². The fourth-order valence-electron chi connectivity index (χ4n) is 2.60. The first-order valence-electron chi connectivity index (χ1n) is 7.07. The topological polar surface area (TPSA) is 59.1 Å². The van der Waals surface area contributed by atoms with Crippen molar-refractivity contribution < 1.29 is 5.11 Å². The lowest BCUT2D eigenvalue weighted by Crippen LogP contribution is -2.30. The summed E-state index contributed by atoms with van der Waals surface area (Å²) in [4.78, 5) is 4.38. The van der Waals surface area contributed by atoms with Gasteiger partial charge in [0.1, 0.15) is 0 Å². The molecule has 3 aromatic rings. The molecule has 0 spiro atoms. The maximum absolute atomic E-state index is 10.6. The number of aliphatic hydroxyl groups excluding tert-OH is 1. The van der Waals surface area contributed by atoms with E-state index in [-0.39, 0.29) is 6.04 Å². The Morgan fingerprint density at radius 1 is 0.952 bits per heavy atom. The van der Waals surface area contributed by atoms with E-state index in [1.54, 1.807) is 6.20 Å². The molecule has 0 fully saturated rings. The summed E-state index contributed by atoms with van der Waals surface area (Å²) in [5.41, 5.74) is 8.92. The van der Waals surface area contributed by atoms with E-state index in [4.69, 9.17) is 5.73 Å². The molecular formula is C18H18N2O. The van der Waals surface area contributed by atoms with E-state index in [0.29, 0.717) is 6.42 Å². The van der Waals surface area contributed by atoms with E-state index < -0.39 is 6.10 Å². The van der Waals surface area contributed by atoms with Gasteiger partial charge in [0.15, 0.2) is 0 Å². The number of aliphatic hydroxyl groups is 1. The molecule has 3 nitrogen and oxygen atoms in total. The van der Waals surface area contributed by atoms with Crippen molar-refractivity contribution in [2.45, 2.75) is 18.6 Å². The molecule has 106 valence electrons. The fraction of sp³-hybridized carbons (Fsp3) is 0.167. The van der Waals surface area contributed by atoms with Crippen LogP contribution in [0.25, 0.3) is 10.9 Å². The zero-order valence-corrected chi connectivity index (χ0v) is 11.7. The number of rotatable bonds is 4. The van der Waals surface area contributed by atoms with E-state index in [1.807, 2.05) is 60.7 Å². The van der Waals surface area contributed by atoms with Crippen LogP contribution in [0.3, 0.4) is 0 Å². The van der Waals surface area contributed by atoms with Crippen molar-refractivity contribution in [2.75, 3.05) is 0 Å². The van der Waals surface area contributed by atoms with Crippen LogP contribution in [0.15, 0.2) is 66.9 Å². The third-order valence-electron chi connectivity index (χ3n) is 3.70. The quantitative estimate of drug-likeness (QED) is 0.771. The molecule has 0 saturated heterocycles. The number of hydrogen-bond acceptors (Lipinski definition) is 3. The highest BCUT2D eigenvalue weighted by Crippen LogP contribution is 2.25. The van der Waals surface area contributed by atoms with Crippen molar-refractivity contribution in [1.29, 1.82) is 0 Å². The first kappa shape index (κ1) is 13.7. The zero-order chi connectivity index (χ0) is 14.7. The third-order valence-corrected chi connectivity index (χ3v) is 3.70. The molecule has 1 aromatic heterocycles. The molecule has 2 unspecified atom stereocenters. The Labute approximate surface area is 124 Å². The molecule has 2 aromatic carbocycles. The molecule has 0 amide bonds. The first-order valence-corrected chi connectivity index (χ1v) is 7.07. The van der Waals surface area contributed by atoms with Gasteiger partial charge >= 0.3 is 0 Å². The molecule has 0 saturated carbocycles. The molecule has 0 radical (unpaired) electrons. The number of hydrogen-bond donors (Lipinski definition) is 2. The van der Waals surface area contributed by atoms with Gasteiger partial charge in [-0.15, -0.1) is 0 Å². The van der Waals surface area contributed by atoms with Crippen LogP contribution in [-0.4, -0.2) is 16.1 Å². The molecule has 1 heterocycles. The zero-order valence-electron chi connectivity index (χ0n) is 11.7. The highest BCUT2D eigenvalue weighted by Gasteiger charge is 2.19. The van der Waals surface area contributed by atoms with Gasteiger partial charge in [-0.05, 0) is 18.1 Å². The van der Waals surface area contributed by atoms with Crippen LogP contribution in [0.5, 0.6) is 0 Å². The number of pyridine rings is 1. The molecule has 0 aliphatic carbocycles. The highest BCUT2D eigenvalue weighted by atomic mass is 16.3. The Morgan fingerprint density at radius 3 is 2.52 bits per heavy atom. The Hall–Kier alpha value is -2.23. The average molecular weight is 278 g/mol. The number of fused-ring (bicyclic) bond motifs is 1. The van der Waals surface area contributed by atoms with E-state index in [1.165, 1.54) is 0 Å². The first-order chi connectivity index (χ1) is 10.3. The van der Waals surface area contributed by atoms with Gasteiger partial charge in [0.25, 0.3) is 0 Å². The standard InChI is InChI=1S/C18H18N2O/c19-16(12-13-6-2-1-3-7-13)18(21)15-10-4-8-14-9-5-11-20-17(14)15/h1-11,16,18,21H,12,19H2. The average Bonchev–Trinajstić information content (AvgIpc) is 2.54. The van der Waals surface area contributed by atoms with Gasteiger partial charge in [0.05, 0.1) is 11.6 Å². The van der Waals surface area contributed by atoms with Crippen molar-refractivity contribution in [2.24, 2.45) is 5.73 Å². The molecule has 2 atom stereocenters. The fourth-order valence-corrected chi connectivity index (χ4v) is 2.60. The van der Waals surface area contributed by atoms with Crippen molar-refractivity contribution in [3.8, 4) is 0 Å². The second-order valence-electron chi connectivity index (χ2n) is 5.22. The maximum Gasteiger partial charge on any atom is 0.0965 e. The Bertz CT molecular complexity index is 722. The Morgan fingerprint density at radius 2 is 1.71 bits per heavy atom. The van der Waals surface area contributed by atoms with E-state index in [9.17, 15) is 5.11 Å². The van der Waals surface area contributed by atoms with Crippen LogP contribution < -0.4 is 5.73 Å². The van der Waals surface area contributed by atoms with Gasteiger partial charge in [-0.1, -0.05) is 54.6 Å².